The average molecular weight is 515 g/mol. The molecule has 36 heavy (non-hydrogen) atoms. The molecule has 4 rings (SSSR count). The molecule has 2 aromatic carbocycles. The monoisotopic (exact) mass is 514 g/mol. The average Bonchev–Trinajstić information content (AvgIpc) is 2.88. The number of hydrogen-bond donors (Lipinski definition) is 2. The third-order valence-corrected chi connectivity index (χ3v) is 5.68. The van der Waals surface area contributed by atoms with Crippen LogP contribution in [0.2, 0.25) is 5.02 Å². The molecule has 2 aromatic heterocycles. The van der Waals surface area contributed by atoms with Gasteiger partial charge in [-0.2, -0.15) is 0 Å². The van der Waals surface area contributed by atoms with E-state index in [0.717, 1.165) is 11.6 Å². The predicted octanol–water partition coefficient (Wildman–Crippen LogP) is 6.51. The van der Waals surface area contributed by atoms with Crippen LogP contribution in [0.1, 0.15) is 16.7 Å². The number of anilines is 3. The minimum Gasteiger partial charge on any atom is -0.497 e. The second kappa shape index (κ2) is 11.2. The van der Waals surface area contributed by atoms with Gasteiger partial charge in [0.25, 0.3) is 0 Å². The SMILES string of the molecule is COc1ccc(CNc2nccc(Cc3cncc(Nc4ccc(Cl)cc4F)c3F)c2F)c(OC)c1. The van der Waals surface area contributed by atoms with E-state index in [1.165, 1.54) is 43.9 Å². The number of pyridine rings is 2. The molecule has 10 heteroatoms. The molecule has 0 saturated heterocycles. The maximum atomic E-state index is 15.2. The van der Waals surface area contributed by atoms with E-state index in [1.54, 1.807) is 25.3 Å². The zero-order chi connectivity index (χ0) is 25.7. The van der Waals surface area contributed by atoms with Crippen LogP contribution < -0.4 is 20.1 Å². The molecule has 2 heterocycles. The van der Waals surface area contributed by atoms with Crippen molar-refractivity contribution in [3.05, 3.63) is 100 Å². The Kier molecular flexibility index (Phi) is 7.80. The predicted molar refractivity (Wildman–Crippen MR) is 133 cm³/mol. The Morgan fingerprint density at radius 2 is 1.69 bits per heavy atom. The van der Waals surface area contributed by atoms with Crippen molar-refractivity contribution in [1.82, 2.24) is 9.97 Å². The molecule has 0 radical (unpaired) electrons. The van der Waals surface area contributed by atoms with Crippen molar-refractivity contribution < 1.29 is 22.6 Å². The summed E-state index contributed by atoms with van der Waals surface area (Å²) >= 11 is 5.77. The zero-order valence-electron chi connectivity index (χ0n) is 19.4. The Morgan fingerprint density at radius 1 is 0.861 bits per heavy atom. The van der Waals surface area contributed by atoms with Crippen molar-refractivity contribution in [2.45, 2.75) is 13.0 Å². The van der Waals surface area contributed by atoms with Crippen LogP contribution in [0, 0.1) is 17.5 Å². The first-order chi connectivity index (χ1) is 17.4. The Bertz CT molecular complexity index is 1390. The summed E-state index contributed by atoms with van der Waals surface area (Å²) < 4.78 is 55.1. The van der Waals surface area contributed by atoms with E-state index in [1.807, 2.05) is 0 Å². The highest BCUT2D eigenvalue weighted by Crippen LogP contribution is 2.28. The Hall–Kier alpha value is -3.98. The van der Waals surface area contributed by atoms with Crippen LogP contribution >= 0.6 is 11.6 Å². The third-order valence-electron chi connectivity index (χ3n) is 5.44. The summed E-state index contributed by atoms with van der Waals surface area (Å²) in [5.74, 6) is -0.714. The fourth-order valence-electron chi connectivity index (χ4n) is 3.56. The summed E-state index contributed by atoms with van der Waals surface area (Å²) in [4.78, 5) is 8.09. The molecule has 0 aliphatic heterocycles. The maximum absolute atomic E-state index is 15.2. The standard InChI is InChI=1S/C26H22ClF3N4O2/c1-35-19-5-3-16(23(11-19)36-2)13-33-26-25(30)15(7-8-32-26)9-17-12-31-14-22(24(17)29)34-21-6-4-18(27)10-20(21)28/h3-8,10-12,14,34H,9,13H2,1-2H3,(H,32,33). The smallest absolute Gasteiger partial charge is 0.168 e. The highest BCUT2D eigenvalue weighted by Gasteiger charge is 2.16. The topological polar surface area (TPSA) is 68.3 Å². The number of nitrogens with zero attached hydrogens (tertiary/aromatic N) is 2. The molecule has 2 N–H and O–H groups in total. The molecule has 0 aliphatic rings. The number of rotatable bonds is 9. The molecule has 0 aliphatic carbocycles. The van der Waals surface area contributed by atoms with Gasteiger partial charge in [0.15, 0.2) is 17.5 Å². The van der Waals surface area contributed by atoms with E-state index in [9.17, 15) is 4.39 Å². The van der Waals surface area contributed by atoms with E-state index in [0.29, 0.717) is 11.5 Å². The lowest BCUT2D eigenvalue weighted by Crippen LogP contribution is -2.08. The molecule has 0 unspecified atom stereocenters. The summed E-state index contributed by atoms with van der Waals surface area (Å²) in [6, 6.07) is 10.7. The summed E-state index contributed by atoms with van der Waals surface area (Å²) in [6.07, 6.45) is 3.87. The molecule has 0 saturated carbocycles. The van der Waals surface area contributed by atoms with Gasteiger partial charge in [-0.3, -0.25) is 4.98 Å². The first-order valence-corrected chi connectivity index (χ1v) is 11.2. The number of nitrogens with one attached hydrogen (secondary N) is 2. The number of aromatic nitrogens is 2. The van der Waals surface area contributed by atoms with E-state index < -0.39 is 17.5 Å². The van der Waals surface area contributed by atoms with Gasteiger partial charge in [0.2, 0.25) is 0 Å². The first kappa shape index (κ1) is 25.1. The van der Waals surface area contributed by atoms with Crippen LogP contribution in [-0.4, -0.2) is 24.2 Å². The highest BCUT2D eigenvalue weighted by molar-refractivity contribution is 6.30. The molecular weight excluding hydrogens is 493 g/mol. The second-order valence-corrected chi connectivity index (χ2v) is 8.19. The summed E-state index contributed by atoms with van der Waals surface area (Å²) in [5, 5.41) is 5.84. The van der Waals surface area contributed by atoms with Crippen LogP contribution in [0.4, 0.5) is 30.4 Å². The van der Waals surface area contributed by atoms with Crippen molar-refractivity contribution in [1.29, 1.82) is 0 Å². The van der Waals surface area contributed by atoms with Gasteiger partial charge in [-0.15, -0.1) is 0 Å². The summed E-state index contributed by atoms with van der Waals surface area (Å²) in [6.45, 7) is 0.239. The van der Waals surface area contributed by atoms with Gasteiger partial charge < -0.3 is 20.1 Å². The lowest BCUT2D eigenvalue weighted by molar-refractivity contribution is 0.391. The number of ether oxygens (including phenoxy) is 2. The van der Waals surface area contributed by atoms with Crippen LogP contribution in [0.5, 0.6) is 11.5 Å². The Balaban J connectivity index is 1.52. The summed E-state index contributed by atoms with van der Waals surface area (Å²) in [5.41, 5.74) is 1.10. The zero-order valence-corrected chi connectivity index (χ0v) is 20.2. The Morgan fingerprint density at radius 3 is 2.44 bits per heavy atom. The molecule has 0 atom stereocenters. The lowest BCUT2D eigenvalue weighted by atomic mass is 10.1. The summed E-state index contributed by atoms with van der Waals surface area (Å²) in [7, 11) is 3.09. The fourth-order valence-corrected chi connectivity index (χ4v) is 3.72. The van der Waals surface area contributed by atoms with Gasteiger partial charge in [0.1, 0.15) is 17.3 Å². The van der Waals surface area contributed by atoms with Gasteiger partial charge in [-0.05, 0) is 42.0 Å². The number of benzene rings is 2. The first-order valence-electron chi connectivity index (χ1n) is 10.8. The van der Waals surface area contributed by atoms with Crippen LogP contribution in [0.15, 0.2) is 61.1 Å². The van der Waals surface area contributed by atoms with Crippen LogP contribution in [0.3, 0.4) is 0 Å². The normalized spacial score (nSPS) is 10.7. The van der Waals surface area contributed by atoms with E-state index in [-0.39, 0.29) is 46.3 Å². The van der Waals surface area contributed by atoms with Crippen molar-refractivity contribution in [2.24, 2.45) is 0 Å². The highest BCUT2D eigenvalue weighted by atomic mass is 35.5. The molecule has 0 amide bonds. The quantitative estimate of drug-likeness (QED) is 0.265. The maximum Gasteiger partial charge on any atom is 0.168 e. The van der Waals surface area contributed by atoms with E-state index in [2.05, 4.69) is 20.6 Å². The molecule has 6 nitrogen and oxygen atoms in total. The molecule has 0 bridgehead atoms. The van der Waals surface area contributed by atoms with Crippen molar-refractivity contribution >= 4 is 28.8 Å². The van der Waals surface area contributed by atoms with E-state index >= 15 is 8.78 Å². The minimum atomic E-state index is -0.673. The number of methoxy groups -OCH3 is 2. The van der Waals surface area contributed by atoms with Gasteiger partial charge in [0, 0.05) is 47.6 Å². The minimum absolute atomic E-state index is 0.0104. The van der Waals surface area contributed by atoms with Crippen molar-refractivity contribution in [3.8, 4) is 11.5 Å². The largest absolute Gasteiger partial charge is 0.497 e. The van der Waals surface area contributed by atoms with Crippen molar-refractivity contribution in [2.75, 3.05) is 24.9 Å². The Labute approximate surface area is 211 Å². The molecule has 186 valence electrons. The molecule has 0 spiro atoms. The number of halogens is 4. The van der Waals surface area contributed by atoms with Gasteiger partial charge >= 0.3 is 0 Å². The second-order valence-electron chi connectivity index (χ2n) is 7.75. The van der Waals surface area contributed by atoms with E-state index in [4.69, 9.17) is 21.1 Å². The van der Waals surface area contributed by atoms with Crippen LogP contribution in [-0.2, 0) is 13.0 Å². The van der Waals surface area contributed by atoms with Crippen molar-refractivity contribution in [3.63, 3.8) is 0 Å². The molecule has 0 fully saturated rings. The third kappa shape index (κ3) is 5.63. The lowest BCUT2D eigenvalue weighted by Gasteiger charge is -2.14. The molecular formula is C26H22ClF3N4O2. The fraction of sp³-hybridized carbons (Fsp3) is 0.154. The molecule has 4 aromatic rings. The number of hydrogen-bond acceptors (Lipinski definition) is 6. The van der Waals surface area contributed by atoms with Gasteiger partial charge in [-0.25, -0.2) is 18.2 Å². The van der Waals surface area contributed by atoms with Crippen LogP contribution in [0.25, 0.3) is 0 Å². The van der Waals surface area contributed by atoms with Gasteiger partial charge in [0.05, 0.1) is 31.8 Å². The van der Waals surface area contributed by atoms with Gasteiger partial charge in [-0.1, -0.05) is 11.6 Å².